The fraction of sp³-hybridized carbons (Fsp3) is 0.353. The van der Waals surface area contributed by atoms with Crippen molar-refractivity contribution in [2.75, 3.05) is 20.6 Å². The molecule has 23 heavy (non-hydrogen) atoms. The molecule has 0 aliphatic rings. The monoisotopic (exact) mass is 333 g/mol. The molecule has 0 aliphatic heterocycles. The van der Waals surface area contributed by atoms with Gasteiger partial charge in [-0.15, -0.1) is 11.3 Å². The predicted octanol–water partition coefficient (Wildman–Crippen LogP) is 2.34. The third kappa shape index (κ3) is 5.35. The molecule has 0 bridgehead atoms. The maximum absolute atomic E-state index is 12.0. The van der Waals surface area contributed by atoms with Crippen LogP contribution in [0.25, 0.3) is 0 Å². The first kappa shape index (κ1) is 17.5. The van der Waals surface area contributed by atoms with Gasteiger partial charge in [0.15, 0.2) is 0 Å². The van der Waals surface area contributed by atoms with Crippen molar-refractivity contribution in [3.8, 4) is 0 Å². The zero-order valence-corrected chi connectivity index (χ0v) is 14.3. The lowest BCUT2D eigenvalue weighted by atomic mass is 10.1. The second kappa shape index (κ2) is 8.67. The van der Waals surface area contributed by atoms with Crippen LogP contribution >= 0.6 is 11.3 Å². The lowest BCUT2D eigenvalue weighted by Gasteiger charge is -2.23. The normalized spacial score (nSPS) is 12.2. The van der Waals surface area contributed by atoms with E-state index in [-0.39, 0.29) is 18.7 Å². The summed E-state index contributed by atoms with van der Waals surface area (Å²) in [5.74, 6) is 0. The van der Waals surface area contributed by atoms with Crippen molar-refractivity contribution >= 4 is 17.4 Å². The number of likely N-dealkylation sites (N-methyl/N-ethyl adjacent to an activating group) is 1. The first-order chi connectivity index (χ1) is 11.1. The Hall–Kier alpha value is -1.89. The van der Waals surface area contributed by atoms with Gasteiger partial charge in [0.05, 0.1) is 12.6 Å². The molecule has 1 aromatic heterocycles. The largest absolute Gasteiger partial charge is 0.392 e. The van der Waals surface area contributed by atoms with Crippen LogP contribution in [-0.2, 0) is 13.2 Å². The number of hydrogen-bond acceptors (Lipinski definition) is 4. The summed E-state index contributed by atoms with van der Waals surface area (Å²) in [6, 6.07) is 11.6. The highest BCUT2D eigenvalue weighted by Gasteiger charge is 2.15. The second-order valence-electron chi connectivity index (χ2n) is 5.54. The van der Waals surface area contributed by atoms with E-state index < -0.39 is 0 Å². The summed E-state index contributed by atoms with van der Waals surface area (Å²) in [6.07, 6.45) is 0. The minimum Gasteiger partial charge on any atom is -0.392 e. The van der Waals surface area contributed by atoms with Crippen LogP contribution in [0.1, 0.15) is 22.0 Å². The Bertz CT molecular complexity index is 614. The molecule has 2 aromatic rings. The molecule has 0 radical (unpaired) electrons. The zero-order valence-electron chi connectivity index (χ0n) is 13.5. The third-order valence-electron chi connectivity index (χ3n) is 3.58. The van der Waals surface area contributed by atoms with Gasteiger partial charge in [0.25, 0.3) is 0 Å². The van der Waals surface area contributed by atoms with Gasteiger partial charge in [-0.2, -0.15) is 0 Å². The molecule has 0 saturated heterocycles. The Morgan fingerprint density at radius 2 is 2.00 bits per heavy atom. The van der Waals surface area contributed by atoms with Gasteiger partial charge in [-0.05, 0) is 36.7 Å². The Labute approximate surface area is 140 Å². The molecule has 2 amide bonds. The molecular weight excluding hydrogens is 310 g/mol. The molecule has 0 fully saturated rings. The smallest absolute Gasteiger partial charge is 0.315 e. The lowest BCUT2D eigenvalue weighted by molar-refractivity contribution is 0.233. The lowest BCUT2D eigenvalue weighted by Crippen LogP contribution is -2.40. The number of amides is 2. The van der Waals surface area contributed by atoms with Gasteiger partial charge in [-0.1, -0.05) is 30.3 Å². The summed E-state index contributed by atoms with van der Waals surface area (Å²) in [4.78, 5) is 15.3. The SMILES string of the molecule is CN(C)[C@H](CNC(=O)NCc1cccc(CO)c1)c1cccs1. The third-order valence-corrected chi connectivity index (χ3v) is 4.55. The number of benzene rings is 1. The van der Waals surface area contributed by atoms with E-state index in [9.17, 15) is 4.79 Å². The number of hydrogen-bond donors (Lipinski definition) is 3. The van der Waals surface area contributed by atoms with E-state index in [1.165, 1.54) is 4.88 Å². The molecular formula is C17H23N3O2S. The first-order valence-electron chi connectivity index (χ1n) is 7.50. The summed E-state index contributed by atoms with van der Waals surface area (Å²) in [5.41, 5.74) is 1.81. The minimum atomic E-state index is -0.192. The van der Waals surface area contributed by atoms with E-state index in [2.05, 4.69) is 21.6 Å². The standard InChI is InChI=1S/C17H23N3O2S/c1-20(2)15(16-7-4-8-23-16)11-19-17(22)18-10-13-5-3-6-14(9-13)12-21/h3-9,15,21H,10-12H2,1-2H3,(H2,18,19,22)/t15-/m1/s1. The topological polar surface area (TPSA) is 64.6 Å². The summed E-state index contributed by atoms with van der Waals surface area (Å²) >= 11 is 1.69. The highest BCUT2D eigenvalue weighted by atomic mass is 32.1. The average molecular weight is 333 g/mol. The van der Waals surface area contributed by atoms with E-state index in [1.807, 2.05) is 49.8 Å². The molecule has 6 heteroatoms. The summed E-state index contributed by atoms with van der Waals surface area (Å²) in [7, 11) is 4.01. The fourth-order valence-corrected chi connectivity index (χ4v) is 3.21. The minimum absolute atomic E-state index is 0.00532. The van der Waals surface area contributed by atoms with Crippen LogP contribution in [0, 0.1) is 0 Å². The number of nitrogens with zero attached hydrogens (tertiary/aromatic N) is 1. The van der Waals surface area contributed by atoms with E-state index in [4.69, 9.17) is 5.11 Å². The van der Waals surface area contributed by atoms with Gasteiger partial charge in [-0.25, -0.2) is 4.79 Å². The fourth-order valence-electron chi connectivity index (χ4n) is 2.29. The van der Waals surface area contributed by atoms with E-state index in [1.54, 1.807) is 11.3 Å². The number of rotatable bonds is 7. The van der Waals surface area contributed by atoms with Crippen molar-refractivity contribution in [2.24, 2.45) is 0 Å². The molecule has 3 N–H and O–H groups in total. The van der Waals surface area contributed by atoms with Gasteiger partial charge in [0.2, 0.25) is 0 Å². The maximum atomic E-state index is 12.0. The zero-order chi connectivity index (χ0) is 16.7. The second-order valence-corrected chi connectivity index (χ2v) is 6.52. The van der Waals surface area contributed by atoms with Gasteiger partial charge in [0.1, 0.15) is 0 Å². The number of aliphatic hydroxyl groups excluding tert-OH is 1. The van der Waals surface area contributed by atoms with Crippen molar-refractivity contribution in [2.45, 2.75) is 19.2 Å². The molecule has 0 aliphatic carbocycles. The van der Waals surface area contributed by atoms with Crippen LogP contribution in [0.2, 0.25) is 0 Å². The molecule has 5 nitrogen and oxygen atoms in total. The number of carbonyl (C=O) groups excluding carboxylic acids is 1. The van der Waals surface area contributed by atoms with Crippen LogP contribution in [0.4, 0.5) is 4.79 Å². The van der Waals surface area contributed by atoms with Gasteiger partial charge in [-0.3, -0.25) is 0 Å². The molecule has 1 heterocycles. The van der Waals surface area contributed by atoms with Crippen molar-refractivity contribution in [3.05, 3.63) is 57.8 Å². The molecule has 1 atom stereocenters. The number of carbonyl (C=O) groups is 1. The van der Waals surface area contributed by atoms with Gasteiger partial charge in [0, 0.05) is 18.0 Å². The van der Waals surface area contributed by atoms with E-state index in [0.717, 1.165) is 11.1 Å². The summed E-state index contributed by atoms with van der Waals surface area (Å²) in [6.45, 7) is 0.993. The van der Waals surface area contributed by atoms with Crippen molar-refractivity contribution < 1.29 is 9.90 Å². The van der Waals surface area contributed by atoms with Crippen molar-refractivity contribution in [3.63, 3.8) is 0 Å². The molecule has 1 aromatic carbocycles. The van der Waals surface area contributed by atoms with E-state index >= 15 is 0 Å². The quantitative estimate of drug-likeness (QED) is 0.729. The van der Waals surface area contributed by atoms with Crippen LogP contribution in [0.15, 0.2) is 41.8 Å². The van der Waals surface area contributed by atoms with E-state index in [0.29, 0.717) is 13.1 Å². The van der Waals surface area contributed by atoms with Crippen molar-refractivity contribution in [1.82, 2.24) is 15.5 Å². The van der Waals surface area contributed by atoms with Crippen LogP contribution < -0.4 is 10.6 Å². The maximum Gasteiger partial charge on any atom is 0.315 e. The summed E-state index contributed by atoms with van der Waals surface area (Å²) in [5, 5.41) is 16.9. The number of nitrogens with one attached hydrogen (secondary N) is 2. The molecule has 2 rings (SSSR count). The molecule has 0 saturated carbocycles. The average Bonchev–Trinajstić information content (AvgIpc) is 3.07. The van der Waals surface area contributed by atoms with Gasteiger partial charge < -0.3 is 20.6 Å². The Kier molecular flexibility index (Phi) is 6.58. The number of aliphatic hydroxyl groups is 1. The highest BCUT2D eigenvalue weighted by molar-refractivity contribution is 7.10. The molecule has 0 spiro atoms. The number of thiophene rings is 1. The molecule has 0 unspecified atom stereocenters. The number of urea groups is 1. The Balaban J connectivity index is 1.82. The Morgan fingerprint density at radius 3 is 2.65 bits per heavy atom. The van der Waals surface area contributed by atoms with Gasteiger partial charge >= 0.3 is 6.03 Å². The van der Waals surface area contributed by atoms with Crippen LogP contribution in [0.5, 0.6) is 0 Å². The predicted molar refractivity (Wildman–Crippen MR) is 93.4 cm³/mol. The highest BCUT2D eigenvalue weighted by Crippen LogP contribution is 2.22. The first-order valence-corrected chi connectivity index (χ1v) is 8.38. The van der Waals surface area contributed by atoms with Crippen LogP contribution in [0.3, 0.4) is 0 Å². The molecule has 124 valence electrons. The van der Waals surface area contributed by atoms with Crippen molar-refractivity contribution in [1.29, 1.82) is 0 Å². The van der Waals surface area contributed by atoms with Crippen LogP contribution in [-0.4, -0.2) is 36.7 Å². The summed E-state index contributed by atoms with van der Waals surface area (Å²) < 4.78 is 0. The Morgan fingerprint density at radius 1 is 1.22 bits per heavy atom.